The summed E-state index contributed by atoms with van der Waals surface area (Å²) in [4.78, 5) is 0. The molecule has 0 aromatic heterocycles. The van der Waals surface area contributed by atoms with Gasteiger partial charge in [0.1, 0.15) is 0 Å². The summed E-state index contributed by atoms with van der Waals surface area (Å²) in [5.41, 5.74) is 0.210. The van der Waals surface area contributed by atoms with Gasteiger partial charge >= 0.3 is 0 Å². The van der Waals surface area contributed by atoms with Crippen LogP contribution in [0.25, 0.3) is 0 Å². The third-order valence-corrected chi connectivity index (χ3v) is 3.80. The normalized spacial score (nSPS) is 16.2. The van der Waals surface area contributed by atoms with E-state index in [1.807, 2.05) is 0 Å². The zero-order chi connectivity index (χ0) is 13.9. The first kappa shape index (κ1) is 17.7. The Hall–Kier alpha value is -0.340. The molecule has 0 fully saturated rings. The van der Waals surface area contributed by atoms with Crippen LogP contribution in [0.5, 0.6) is 0 Å². The van der Waals surface area contributed by atoms with Gasteiger partial charge in [-0.3, -0.25) is 0 Å². The number of hydrogen-bond acceptors (Lipinski definition) is 2. The molecule has 0 amide bonds. The first-order valence-corrected chi connectivity index (χ1v) is 7.45. The maximum absolute atomic E-state index is 5.06. The highest BCUT2D eigenvalue weighted by Crippen LogP contribution is 2.31. The van der Waals surface area contributed by atoms with Crippen molar-refractivity contribution in [3.8, 4) is 0 Å². The zero-order valence-corrected chi connectivity index (χ0v) is 12.9. The summed E-state index contributed by atoms with van der Waals surface area (Å²) in [5.74, 6) is 0.831. The Morgan fingerprint density at radius 3 is 2.61 bits per heavy atom. The highest BCUT2D eigenvalue weighted by molar-refractivity contribution is 4.94. The van der Waals surface area contributed by atoms with Crippen LogP contribution in [0.2, 0.25) is 0 Å². The minimum absolute atomic E-state index is 0.210. The third kappa shape index (κ3) is 7.88. The molecule has 18 heavy (non-hydrogen) atoms. The van der Waals surface area contributed by atoms with E-state index in [2.05, 4.69) is 38.7 Å². The quantitative estimate of drug-likeness (QED) is 0.420. The summed E-state index contributed by atoms with van der Waals surface area (Å²) in [5, 5.41) is 3.47. The number of ether oxygens (including phenoxy) is 1. The molecule has 0 aromatic carbocycles. The Morgan fingerprint density at radius 1 is 1.39 bits per heavy atom. The maximum atomic E-state index is 5.06. The second kappa shape index (κ2) is 10.6. The first-order chi connectivity index (χ1) is 8.61. The molecule has 0 heterocycles. The minimum atomic E-state index is 0.210. The Bertz CT molecular complexity index is 205. The van der Waals surface area contributed by atoms with Crippen LogP contribution in [-0.4, -0.2) is 26.8 Å². The van der Waals surface area contributed by atoms with Crippen LogP contribution in [-0.2, 0) is 4.74 Å². The van der Waals surface area contributed by atoms with Crippen molar-refractivity contribution in [2.45, 2.75) is 52.9 Å². The maximum Gasteiger partial charge on any atom is 0.0587 e. The Labute approximate surface area is 114 Å². The van der Waals surface area contributed by atoms with Crippen LogP contribution in [0.4, 0.5) is 0 Å². The van der Waals surface area contributed by atoms with E-state index in [-0.39, 0.29) is 5.41 Å². The van der Waals surface area contributed by atoms with Gasteiger partial charge in [-0.1, -0.05) is 52.5 Å². The molecule has 0 aromatic rings. The lowest BCUT2D eigenvalue weighted by Gasteiger charge is -2.30. The molecule has 0 aliphatic carbocycles. The summed E-state index contributed by atoms with van der Waals surface area (Å²) in [6.45, 7) is 13.6. The van der Waals surface area contributed by atoms with E-state index in [1.165, 1.54) is 32.1 Å². The van der Waals surface area contributed by atoms with Gasteiger partial charge in [-0.15, -0.1) is 6.58 Å². The molecule has 2 heteroatoms. The number of rotatable bonds is 12. The predicted molar refractivity (Wildman–Crippen MR) is 81.0 cm³/mol. The minimum Gasteiger partial charge on any atom is -0.383 e. The molecule has 0 saturated carbocycles. The number of hydrogen-bond donors (Lipinski definition) is 1. The lowest BCUT2D eigenvalue weighted by atomic mass is 9.78. The van der Waals surface area contributed by atoms with Crippen molar-refractivity contribution in [3.63, 3.8) is 0 Å². The van der Waals surface area contributed by atoms with Crippen molar-refractivity contribution in [1.82, 2.24) is 5.32 Å². The van der Waals surface area contributed by atoms with Gasteiger partial charge < -0.3 is 10.1 Å². The van der Waals surface area contributed by atoms with E-state index in [9.17, 15) is 0 Å². The Morgan fingerprint density at radius 2 is 2.11 bits per heavy atom. The molecule has 0 aliphatic heterocycles. The summed E-state index contributed by atoms with van der Waals surface area (Å²) >= 11 is 0. The van der Waals surface area contributed by atoms with Gasteiger partial charge in [-0.05, 0) is 17.8 Å². The molecule has 0 rings (SSSR count). The monoisotopic (exact) mass is 255 g/mol. The first-order valence-electron chi connectivity index (χ1n) is 7.45. The van der Waals surface area contributed by atoms with Gasteiger partial charge in [0.2, 0.25) is 0 Å². The average Bonchev–Trinajstić information content (AvgIpc) is 2.39. The van der Waals surface area contributed by atoms with E-state index in [0.29, 0.717) is 0 Å². The van der Waals surface area contributed by atoms with Crippen molar-refractivity contribution in [2.75, 3.05) is 26.8 Å². The van der Waals surface area contributed by atoms with E-state index < -0.39 is 0 Å². The lowest BCUT2D eigenvalue weighted by Crippen LogP contribution is -2.33. The fourth-order valence-corrected chi connectivity index (χ4v) is 2.38. The van der Waals surface area contributed by atoms with Gasteiger partial charge in [0.25, 0.3) is 0 Å². The molecule has 2 atom stereocenters. The van der Waals surface area contributed by atoms with Gasteiger partial charge in [-0.25, -0.2) is 0 Å². The number of methoxy groups -OCH3 is 1. The molecule has 108 valence electrons. The molecule has 0 aliphatic rings. The standard InChI is InChI=1S/C16H33NO/c1-6-9-10-15(7-2)13-16(4,8-3)14-17-11-12-18-5/h8,15,17H,3,6-7,9-14H2,1-2,4-5H3. The van der Waals surface area contributed by atoms with E-state index >= 15 is 0 Å². The largest absolute Gasteiger partial charge is 0.383 e. The highest BCUT2D eigenvalue weighted by atomic mass is 16.5. The molecular formula is C16H33NO. The molecule has 2 nitrogen and oxygen atoms in total. The molecule has 2 unspecified atom stereocenters. The van der Waals surface area contributed by atoms with Crippen LogP contribution >= 0.6 is 0 Å². The van der Waals surface area contributed by atoms with E-state index in [1.54, 1.807) is 7.11 Å². The van der Waals surface area contributed by atoms with E-state index in [0.717, 1.165) is 25.6 Å². The smallest absolute Gasteiger partial charge is 0.0587 e. The van der Waals surface area contributed by atoms with Crippen LogP contribution in [0.15, 0.2) is 12.7 Å². The van der Waals surface area contributed by atoms with Gasteiger partial charge in [0.15, 0.2) is 0 Å². The predicted octanol–water partition coefficient (Wildman–Crippen LogP) is 4.02. The van der Waals surface area contributed by atoms with Crippen LogP contribution in [0.3, 0.4) is 0 Å². The fraction of sp³-hybridized carbons (Fsp3) is 0.875. The summed E-state index contributed by atoms with van der Waals surface area (Å²) in [6.07, 6.45) is 8.65. The molecule has 0 spiro atoms. The zero-order valence-electron chi connectivity index (χ0n) is 12.9. The number of unbranched alkanes of at least 4 members (excludes halogenated alkanes) is 1. The van der Waals surface area contributed by atoms with Gasteiger partial charge in [-0.2, -0.15) is 0 Å². The molecular weight excluding hydrogens is 222 g/mol. The lowest BCUT2D eigenvalue weighted by molar-refractivity contribution is 0.192. The van der Waals surface area contributed by atoms with Crippen LogP contribution < -0.4 is 5.32 Å². The Kier molecular flexibility index (Phi) is 10.4. The second-order valence-electron chi connectivity index (χ2n) is 5.65. The van der Waals surface area contributed by atoms with Crippen molar-refractivity contribution >= 4 is 0 Å². The molecule has 0 radical (unpaired) electrons. The van der Waals surface area contributed by atoms with Gasteiger partial charge in [0, 0.05) is 20.2 Å². The van der Waals surface area contributed by atoms with Crippen LogP contribution in [0, 0.1) is 11.3 Å². The molecule has 0 bridgehead atoms. The SMILES string of the molecule is C=CC(C)(CNCCOC)CC(CC)CCCC. The van der Waals surface area contributed by atoms with Crippen LogP contribution in [0.1, 0.15) is 52.9 Å². The van der Waals surface area contributed by atoms with E-state index in [4.69, 9.17) is 4.74 Å². The topological polar surface area (TPSA) is 21.3 Å². The van der Waals surface area contributed by atoms with Gasteiger partial charge in [0.05, 0.1) is 6.61 Å². The van der Waals surface area contributed by atoms with Crippen molar-refractivity contribution in [1.29, 1.82) is 0 Å². The van der Waals surface area contributed by atoms with Crippen molar-refractivity contribution in [2.24, 2.45) is 11.3 Å². The molecule has 1 N–H and O–H groups in total. The average molecular weight is 255 g/mol. The van der Waals surface area contributed by atoms with Crippen molar-refractivity contribution < 1.29 is 4.74 Å². The second-order valence-corrected chi connectivity index (χ2v) is 5.65. The van der Waals surface area contributed by atoms with Crippen molar-refractivity contribution in [3.05, 3.63) is 12.7 Å². The molecule has 0 saturated heterocycles. The summed E-state index contributed by atoms with van der Waals surface area (Å²) in [7, 11) is 1.74. The summed E-state index contributed by atoms with van der Waals surface area (Å²) in [6, 6.07) is 0. The Balaban J connectivity index is 4.12. The summed E-state index contributed by atoms with van der Waals surface area (Å²) < 4.78 is 5.06. The fourth-order valence-electron chi connectivity index (χ4n) is 2.38. The highest BCUT2D eigenvalue weighted by Gasteiger charge is 2.23. The number of nitrogens with one attached hydrogen (secondary N) is 1. The third-order valence-electron chi connectivity index (χ3n) is 3.80.